The largest absolute Gasteiger partial charge is 0.396 e. The van der Waals surface area contributed by atoms with E-state index in [4.69, 9.17) is 5.73 Å². The Hall–Kier alpha value is -1.52. The van der Waals surface area contributed by atoms with Gasteiger partial charge in [0.05, 0.1) is 11.9 Å². The predicted molar refractivity (Wildman–Crippen MR) is 69.0 cm³/mol. The Labute approximate surface area is 107 Å². The Bertz CT molecular complexity index is 440. The molecule has 1 aromatic heterocycles. The van der Waals surface area contributed by atoms with Crippen LogP contribution in [0.15, 0.2) is 6.20 Å². The van der Waals surface area contributed by atoms with Crippen LogP contribution in [-0.2, 0) is 0 Å². The molecule has 2 heterocycles. The number of hydrogen-bond donors (Lipinski definition) is 2. The molecule has 1 saturated heterocycles. The van der Waals surface area contributed by atoms with Crippen LogP contribution in [0.25, 0.3) is 0 Å². The number of hydrogen-bond acceptors (Lipinski definition) is 3. The van der Waals surface area contributed by atoms with Crippen molar-refractivity contribution in [2.24, 2.45) is 5.92 Å². The van der Waals surface area contributed by atoms with Crippen LogP contribution < -0.4 is 5.73 Å². The van der Waals surface area contributed by atoms with E-state index in [0.29, 0.717) is 23.3 Å². The van der Waals surface area contributed by atoms with Crippen molar-refractivity contribution in [1.29, 1.82) is 0 Å². The molecule has 0 aromatic carbocycles. The first-order valence-electron chi connectivity index (χ1n) is 6.87. The van der Waals surface area contributed by atoms with Gasteiger partial charge in [0, 0.05) is 12.6 Å². The Kier molecular flexibility index (Phi) is 2.97. The molecule has 1 aliphatic carbocycles. The molecule has 98 valence electrons. The molecule has 18 heavy (non-hydrogen) atoms. The second-order valence-corrected chi connectivity index (χ2v) is 5.45. The second-order valence-electron chi connectivity index (χ2n) is 5.45. The number of rotatable bonds is 1. The Morgan fingerprint density at radius 1 is 1.33 bits per heavy atom. The van der Waals surface area contributed by atoms with Crippen molar-refractivity contribution >= 4 is 11.6 Å². The zero-order chi connectivity index (χ0) is 12.5. The summed E-state index contributed by atoms with van der Waals surface area (Å²) in [4.78, 5) is 14.5. The average molecular weight is 248 g/mol. The van der Waals surface area contributed by atoms with Gasteiger partial charge in [-0.1, -0.05) is 12.8 Å². The number of likely N-dealkylation sites (tertiary alicyclic amines) is 1. The van der Waals surface area contributed by atoms with E-state index in [1.54, 1.807) is 0 Å². The maximum absolute atomic E-state index is 12.5. The molecule has 3 rings (SSSR count). The van der Waals surface area contributed by atoms with Crippen molar-refractivity contribution in [2.75, 3.05) is 12.3 Å². The molecule has 1 aliphatic heterocycles. The number of aromatic nitrogens is 2. The molecular weight excluding hydrogens is 228 g/mol. The molecule has 0 radical (unpaired) electrons. The van der Waals surface area contributed by atoms with Gasteiger partial charge in [-0.15, -0.1) is 0 Å². The number of H-pyrrole nitrogens is 1. The number of nitrogens with zero attached hydrogens (tertiary/aromatic N) is 2. The number of amides is 1. The molecule has 0 spiro atoms. The zero-order valence-electron chi connectivity index (χ0n) is 10.6. The van der Waals surface area contributed by atoms with Gasteiger partial charge in [0.2, 0.25) is 0 Å². The fraction of sp³-hybridized carbons (Fsp3) is 0.692. The van der Waals surface area contributed by atoms with E-state index in [9.17, 15) is 4.79 Å². The number of nitrogens with one attached hydrogen (secondary N) is 1. The van der Waals surface area contributed by atoms with Crippen molar-refractivity contribution in [3.05, 3.63) is 11.9 Å². The van der Waals surface area contributed by atoms with Crippen LogP contribution in [-0.4, -0.2) is 33.6 Å². The first-order valence-corrected chi connectivity index (χ1v) is 6.87. The summed E-state index contributed by atoms with van der Waals surface area (Å²) in [5.74, 6) is 0.724. The fourth-order valence-corrected chi connectivity index (χ4v) is 3.49. The third kappa shape index (κ3) is 1.87. The van der Waals surface area contributed by atoms with E-state index in [0.717, 1.165) is 19.4 Å². The van der Waals surface area contributed by atoms with Crippen molar-refractivity contribution in [3.8, 4) is 0 Å². The number of carbonyl (C=O) groups excluding carboxylic acids is 1. The first-order chi connectivity index (χ1) is 8.77. The Morgan fingerprint density at radius 3 is 2.89 bits per heavy atom. The molecule has 0 bridgehead atoms. The molecule has 1 saturated carbocycles. The van der Waals surface area contributed by atoms with E-state index in [1.807, 2.05) is 4.90 Å². The Morgan fingerprint density at radius 2 is 2.11 bits per heavy atom. The normalized spacial score (nSPS) is 27.9. The monoisotopic (exact) mass is 248 g/mol. The molecule has 5 nitrogen and oxygen atoms in total. The minimum absolute atomic E-state index is 0.0293. The van der Waals surface area contributed by atoms with Crippen molar-refractivity contribution in [1.82, 2.24) is 15.1 Å². The minimum atomic E-state index is 0.0293. The van der Waals surface area contributed by atoms with Crippen LogP contribution in [0.1, 0.15) is 49.0 Å². The summed E-state index contributed by atoms with van der Waals surface area (Å²) in [6, 6.07) is 0.419. The number of anilines is 1. The van der Waals surface area contributed by atoms with E-state index >= 15 is 0 Å². The number of nitrogen functional groups attached to an aromatic ring is 1. The van der Waals surface area contributed by atoms with Crippen LogP contribution in [0, 0.1) is 5.92 Å². The molecule has 2 fully saturated rings. The van der Waals surface area contributed by atoms with Crippen LogP contribution in [0.4, 0.5) is 5.69 Å². The minimum Gasteiger partial charge on any atom is -0.396 e. The summed E-state index contributed by atoms with van der Waals surface area (Å²) in [7, 11) is 0. The molecule has 5 heteroatoms. The van der Waals surface area contributed by atoms with E-state index in [-0.39, 0.29) is 5.91 Å². The van der Waals surface area contributed by atoms with Gasteiger partial charge in [0.15, 0.2) is 0 Å². The second kappa shape index (κ2) is 4.63. The van der Waals surface area contributed by atoms with Crippen LogP contribution in [0.5, 0.6) is 0 Å². The van der Waals surface area contributed by atoms with E-state index < -0.39 is 0 Å². The highest BCUT2D eigenvalue weighted by atomic mass is 16.2. The average Bonchev–Trinajstić information content (AvgIpc) is 2.83. The third-order valence-corrected chi connectivity index (χ3v) is 4.39. The van der Waals surface area contributed by atoms with Crippen molar-refractivity contribution < 1.29 is 4.79 Å². The SMILES string of the molecule is Nc1cn[nH]c1C(=O)N1CCCC2CCCCC21. The molecule has 1 amide bonds. The number of nitrogens with two attached hydrogens (primary N) is 1. The Balaban J connectivity index is 1.82. The maximum Gasteiger partial charge on any atom is 0.274 e. The van der Waals surface area contributed by atoms with Gasteiger partial charge in [-0.2, -0.15) is 5.10 Å². The summed E-state index contributed by atoms with van der Waals surface area (Å²) in [6.45, 7) is 0.860. The topological polar surface area (TPSA) is 75.0 Å². The van der Waals surface area contributed by atoms with Crippen molar-refractivity contribution in [3.63, 3.8) is 0 Å². The van der Waals surface area contributed by atoms with Crippen molar-refractivity contribution in [2.45, 2.75) is 44.6 Å². The van der Waals surface area contributed by atoms with Gasteiger partial charge in [0.25, 0.3) is 5.91 Å². The molecule has 2 atom stereocenters. The summed E-state index contributed by atoms with van der Waals surface area (Å²) in [6.07, 6.45) is 8.86. The lowest BCUT2D eigenvalue weighted by Gasteiger charge is -2.44. The molecule has 2 unspecified atom stereocenters. The van der Waals surface area contributed by atoms with Gasteiger partial charge in [-0.05, 0) is 31.6 Å². The number of fused-ring (bicyclic) bond motifs is 1. The maximum atomic E-state index is 12.5. The van der Waals surface area contributed by atoms with Crippen LogP contribution in [0.3, 0.4) is 0 Å². The van der Waals surface area contributed by atoms with E-state index in [2.05, 4.69) is 10.2 Å². The standard InChI is InChI=1S/C13H20N4O/c14-10-8-15-16-12(10)13(18)17-7-3-5-9-4-1-2-6-11(9)17/h8-9,11H,1-7,14H2,(H,15,16). The van der Waals surface area contributed by atoms with Gasteiger partial charge in [0.1, 0.15) is 5.69 Å². The molecule has 2 aliphatic rings. The summed E-state index contributed by atoms with van der Waals surface area (Å²) >= 11 is 0. The van der Waals surface area contributed by atoms with Crippen LogP contribution in [0.2, 0.25) is 0 Å². The lowest BCUT2D eigenvalue weighted by molar-refractivity contribution is 0.0386. The lowest BCUT2D eigenvalue weighted by Crippen LogP contribution is -2.49. The summed E-state index contributed by atoms with van der Waals surface area (Å²) < 4.78 is 0. The van der Waals surface area contributed by atoms with Gasteiger partial charge in [-0.3, -0.25) is 9.89 Å². The quantitative estimate of drug-likeness (QED) is 0.795. The highest BCUT2D eigenvalue weighted by Crippen LogP contribution is 2.36. The van der Waals surface area contributed by atoms with Crippen LogP contribution >= 0.6 is 0 Å². The van der Waals surface area contributed by atoms with Gasteiger partial charge >= 0.3 is 0 Å². The zero-order valence-corrected chi connectivity index (χ0v) is 10.6. The van der Waals surface area contributed by atoms with Gasteiger partial charge in [-0.25, -0.2) is 0 Å². The van der Waals surface area contributed by atoms with E-state index in [1.165, 1.54) is 31.9 Å². The number of aromatic amines is 1. The highest BCUT2D eigenvalue weighted by molar-refractivity contribution is 5.97. The van der Waals surface area contributed by atoms with Gasteiger partial charge < -0.3 is 10.6 Å². The fourth-order valence-electron chi connectivity index (χ4n) is 3.49. The lowest BCUT2D eigenvalue weighted by atomic mass is 9.78. The third-order valence-electron chi connectivity index (χ3n) is 4.39. The molecule has 3 N–H and O–H groups in total. The smallest absolute Gasteiger partial charge is 0.274 e. The first kappa shape index (κ1) is 11.6. The predicted octanol–water partition coefficient (Wildman–Crippen LogP) is 1.79. The number of piperidine rings is 1. The highest BCUT2D eigenvalue weighted by Gasteiger charge is 2.36. The molecule has 1 aromatic rings. The summed E-state index contributed by atoms with van der Waals surface area (Å²) in [5, 5.41) is 6.58. The molecular formula is C13H20N4O. The number of carbonyl (C=O) groups is 1. The summed E-state index contributed by atoms with van der Waals surface area (Å²) in [5.41, 5.74) is 6.69.